The number of rotatable bonds is 9. The predicted molar refractivity (Wildman–Crippen MR) is 147 cm³/mol. The van der Waals surface area contributed by atoms with Crippen LogP contribution in [0.4, 0.5) is 0 Å². The Labute approximate surface area is 220 Å². The minimum Gasteiger partial charge on any atom is -0.506 e. The van der Waals surface area contributed by atoms with Gasteiger partial charge in [0.15, 0.2) is 0 Å². The molecule has 0 saturated carbocycles. The summed E-state index contributed by atoms with van der Waals surface area (Å²) in [5, 5.41) is 34.5. The number of thiazole rings is 1. The maximum Gasteiger partial charge on any atom is 0.305 e. The number of aromatic nitrogens is 1. The van der Waals surface area contributed by atoms with E-state index in [-0.39, 0.29) is 28.2 Å². The first-order valence-electron chi connectivity index (χ1n) is 12.7. The molecule has 0 aliphatic carbocycles. The summed E-state index contributed by atoms with van der Waals surface area (Å²) in [4.78, 5) is 16.4. The van der Waals surface area contributed by atoms with Gasteiger partial charge in [-0.2, -0.15) is 0 Å². The van der Waals surface area contributed by atoms with Crippen molar-refractivity contribution in [2.45, 2.75) is 37.5 Å². The molecule has 194 valence electrons. The van der Waals surface area contributed by atoms with E-state index in [9.17, 15) is 20.1 Å². The maximum absolute atomic E-state index is 11.7. The van der Waals surface area contributed by atoms with Gasteiger partial charge >= 0.3 is 4.87 Å². The minimum atomic E-state index is -2.18. The number of phenols is 1. The summed E-state index contributed by atoms with van der Waals surface area (Å²) in [6, 6.07) is 22.2. The Bertz CT molecular complexity index is 1390. The summed E-state index contributed by atoms with van der Waals surface area (Å²) in [6.07, 6.45) is 3.12. The highest BCUT2D eigenvalue weighted by molar-refractivity contribution is 7.16. The number of nitrogens with zero attached hydrogens (tertiary/aromatic N) is 1. The van der Waals surface area contributed by atoms with Crippen molar-refractivity contribution in [3.8, 4) is 5.75 Å². The molecule has 1 aliphatic rings. The van der Waals surface area contributed by atoms with Crippen LogP contribution in [0.1, 0.15) is 41.0 Å². The van der Waals surface area contributed by atoms with Gasteiger partial charge in [0.1, 0.15) is 11.3 Å². The SMILES string of the molecule is O=c1[nH]c2c(O)ccc(C(O)(O)CNCCc3cccc(CN4CCC(c5ccccc5)CC4)c3)c2s1. The highest BCUT2D eigenvalue weighted by atomic mass is 32.1. The molecular formula is C29H33N3O4S. The number of aromatic amines is 1. The van der Waals surface area contributed by atoms with Crippen molar-refractivity contribution in [1.82, 2.24) is 15.2 Å². The Hall–Kier alpha value is -3.01. The van der Waals surface area contributed by atoms with Crippen LogP contribution in [0.5, 0.6) is 5.75 Å². The number of benzene rings is 3. The molecule has 3 aromatic carbocycles. The van der Waals surface area contributed by atoms with Gasteiger partial charge in [0.2, 0.25) is 5.79 Å². The summed E-state index contributed by atoms with van der Waals surface area (Å²) >= 11 is 0.848. The monoisotopic (exact) mass is 519 g/mol. The zero-order valence-electron chi connectivity index (χ0n) is 20.7. The summed E-state index contributed by atoms with van der Waals surface area (Å²) in [6.45, 7) is 3.60. The molecule has 1 fully saturated rings. The third-order valence-corrected chi connectivity index (χ3v) is 8.12. The standard InChI is InChI=1S/C29H33N3O4S/c33-25-10-9-24(27-26(25)31-28(34)37-27)29(35,36)19-30-14-11-20-5-4-6-21(17-20)18-32-15-12-23(13-16-32)22-7-2-1-3-8-22/h1-10,17,23,30,33,35-36H,11-16,18-19H2,(H,31,34). The molecule has 1 aromatic heterocycles. The van der Waals surface area contributed by atoms with Gasteiger partial charge in [-0.1, -0.05) is 65.9 Å². The third kappa shape index (κ3) is 6.11. The third-order valence-electron chi connectivity index (χ3n) is 7.21. The van der Waals surface area contributed by atoms with Crippen LogP contribution >= 0.6 is 11.3 Å². The molecule has 0 radical (unpaired) electrons. The number of phenolic OH excluding ortho intramolecular Hbond substituents is 1. The lowest BCUT2D eigenvalue weighted by Crippen LogP contribution is -2.38. The van der Waals surface area contributed by atoms with Crippen LogP contribution in [0, 0.1) is 0 Å². The first-order chi connectivity index (χ1) is 17.9. The average Bonchev–Trinajstić information content (AvgIpc) is 3.30. The molecule has 0 spiro atoms. The smallest absolute Gasteiger partial charge is 0.305 e. The normalized spacial score (nSPS) is 15.4. The molecule has 0 bridgehead atoms. The summed E-state index contributed by atoms with van der Waals surface area (Å²) in [7, 11) is 0. The number of aliphatic hydroxyl groups is 2. The largest absolute Gasteiger partial charge is 0.506 e. The van der Waals surface area contributed by atoms with Crippen molar-refractivity contribution in [1.29, 1.82) is 0 Å². The van der Waals surface area contributed by atoms with Crippen LogP contribution in [0.25, 0.3) is 10.2 Å². The second-order valence-electron chi connectivity index (χ2n) is 9.88. The second-order valence-corrected chi connectivity index (χ2v) is 10.9. The van der Waals surface area contributed by atoms with E-state index in [4.69, 9.17) is 0 Å². The quantitative estimate of drug-likeness (QED) is 0.171. The topological polar surface area (TPSA) is 109 Å². The lowest BCUT2D eigenvalue weighted by atomic mass is 9.89. The molecule has 37 heavy (non-hydrogen) atoms. The molecule has 5 rings (SSSR count). The van der Waals surface area contributed by atoms with Gasteiger partial charge in [-0.3, -0.25) is 9.69 Å². The Morgan fingerprint density at radius 1 is 1.00 bits per heavy atom. The molecule has 7 nitrogen and oxygen atoms in total. The van der Waals surface area contributed by atoms with Gasteiger partial charge in [0.25, 0.3) is 0 Å². The van der Waals surface area contributed by atoms with Crippen LogP contribution in [-0.2, 0) is 18.8 Å². The summed E-state index contributed by atoms with van der Waals surface area (Å²) in [5.41, 5.74) is 4.35. The van der Waals surface area contributed by atoms with E-state index in [1.165, 1.54) is 41.7 Å². The minimum absolute atomic E-state index is 0.0960. The van der Waals surface area contributed by atoms with Crippen molar-refractivity contribution >= 4 is 21.6 Å². The molecule has 0 unspecified atom stereocenters. The van der Waals surface area contributed by atoms with Gasteiger partial charge < -0.3 is 25.6 Å². The molecule has 0 atom stereocenters. The van der Waals surface area contributed by atoms with E-state index in [0.717, 1.165) is 37.4 Å². The first kappa shape index (κ1) is 25.6. The molecule has 2 heterocycles. The van der Waals surface area contributed by atoms with E-state index in [1.807, 2.05) is 0 Å². The van der Waals surface area contributed by atoms with Gasteiger partial charge in [-0.15, -0.1) is 0 Å². The molecule has 1 saturated heterocycles. The molecule has 1 aliphatic heterocycles. The van der Waals surface area contributed by atoms with Gasteiger partial charge in [-0.05, 0) is 73.6 Å². The lowest BCUT2D eigenvalue weighted by molar-refractivity contribution is -0.164. The Morgan fingerprint density at radius 2 is 1.76 bits per heavy atom. The molecular weight excluding hydrogens is 486 g/mol. The van der Waals surface area contributed by atoms with Gasteiger partial charge in [-0.25, -0.2) is 0 Å². The molecule has 5 N–H and O–H groups in total. The fraction of sp³-hybridized carbons (Fsp3) is 0.345. The number of piperidine rings is 1. The molecule has 0 amide bonds. The number of hydrogen-bond donors (Lipinski definition) is 5. The van der Waals surface area contributed by atoms with Crippen LogP contribution in [-0.4, -0.2) is 51.4 Å². The van der Waals surface area contributed by atoms with E-state index in [0.29, 0.717) is 17.2 Å². The van der Waals surface area contributed by atoms with Crippen molar-refractivity contribution in [3.63, 3.8) is 0 Å². The van der Waals surface area contributed by atoms with Gasteiger partial charge in [0.05, 0.1) is 11.2 Å². The predicted octanol–water partition coefficient (Wildman–Crippen LogP) is 3.64. The zero-order chi connectivity index (χ0) is 25.8. The van der Waals surface area contributed by atoms with Crippen LogP contribution < -0.4 is 10.2 Å². The van der Waals surface area contributed by atoms with E-state index >= 15 is 0 Å². The molecule has 8 heteroatoms. The van der Waals surface area contributed by atoms with Crippen molar-refractivity contribution in [2.75, 3.05) is 26.2 Å². The number of fused-ring (bicyclic) bond motifs is 1. The summed E-state index contributed by atoms with van der Waals surface area (Å²) < 4.78 is 0.345. The average molecular weight is 520 g/mol. The number of H-pyrrole nitrogens is 1. The Kier molecular flexibility index (Phi) is 7.73. The lowest BCUT2D eigenvalue weighted by Gasteiger charge is -2.32. The van der Waals surface area contributed by atoms with E-state index in [2.05, 4.69) is 69.8 Å². The first-order valence-corrected chi connectivity index (χ1v) is 13.6. The summed E-state index contributed by atoms with van der Waals surface area (Å²) in [5.74, 6) is -1.62. The van der Waals surface area contributed by atoms with Gasteiger partial charge in [0, 0.05) is 12.1 Å². The maximum atomic E-state index is 11.7. The van der Waals surface area contributed by atoms with Crippen LogP contribution in [0.2, 0.25) is 0 Å². The number of nitrogens with one attached hydrogen (secondary N) is 2. The van der Waals surface area contributed by atoms with Crippen molar-refractivity contribution in [2.24, 2.45) is 0 Å². The van der Waals surface area contributed by atoms with E-state index in [1.54, 1.807) is 0 Å². The van der Waals surface area contributed by atoms with Crippen LogP contribution in [0.3, 0.4) is 0 Å². The van der Waals surface area contributed by atoms with Crippen molar-refractivity contribution < 1.29 is 15.3 Å². The Balaban J connectivity index is 1.12. The highest BCUT2D eigenvalue weighted by Gasteiger charge is 2.29. The fourth-order valence-electron chi connectivity index (χ4n) is 5.22. The second kappa shape index (κ2) is 11.2. The number of aromatic hydroxyl groups is 1. The Morgan fingerprint density at radius 3 is 2.54 bits per heavy atom. The number of hydrogen-bond acceptors (Lipinski definition) is 7. The molecule has 4 aromatic rings. The zero-order valence-corrected chi connectivity index (χ0v) is 21.5. The van der Waals surface area contributed by atoms with Crippen molar-refractivity contribution in [3.05, 3.63) is 98.7 Å². The fourth-order valence-corrected chi connectivity index (χ4v) is 6.15. The highest BCUT2D eigenvalue weighted by Crippen LogP contribution is 2.33. The number of likely N-dealkylation sites (tertiary alicyclic amines) is 1. The van der Waals surface area contributed by atoms with Crippen LogP contribution in [0.15, 0.2) is 71.5 Å². The van der Waals surface area contributed by atoms with E-state index < -0.39 is 5.79 Å².